The first-order valence-electron chi connectivity index (χ1n) is 5.59. The van der Waals surface area contributed by atoms with Gasteiger partial charge in [-0.05, 0) is 31.6 Å². The van der Waals surface area contributed by atoms with E-state index in [9.17, 15) is 4.79 Å². The second kappa shape index (κ2) is 4.30. The topological polar surface area (TPSA) is 46.3 Å². The monoisotopic (exact) mass is 198 g/mol. The number of hydrogen-bond donors (Lipinski definition) is 1. The number of nitrogens with zero attached hydrogens (tertiary/aromatic N) is 1. The van der Waals surface area contributed by atoms with E-state index in [1.165, 1.54) is 0 Å². The largest absolute Gasteiger partial charge is 0.341 e. The van der Waals surface area contributed by atoms with Crippen LogP contribution in [-0.4, -0.2) is 29.9 Å². The summed E-state index contributed by atoms with van der Waals surface area (Å²) in [5, 5.41) is 0. The SMILES string of the molecule is CCC1(CC)CCN(C(=O)C(C)N)C1. The molecule has 1 atom stereocenters. The van der Waals surface area contributed by atoms with Gasteiger partial charge in [0.1, 0.15) is 0 Å². The summed E-state index contributed by atoms with van der Waals surface area (Å²) in [7, 11) is 0. The van der Waals surface area contributed by atoms with Crippen LogP contribution in [0.3, 0.4) is 0 Å². The average molecular weight is 198 g/mol. The first-order chi connectivity index (χ1) is 6.54. The predicted molar refractivity (Wildman–Crippen MR) is 57.9 cm³/mol. The number of rotatable bonds is 3. The number of carbonyl (C=O) groups is 1. The van der Waals surface area contributed by atoms with Gasteiger partial charge in [-0.3, -0.25) is 4.79 Å². The van der Waals surface area contributed by atoms with Crippen molar-refractivity contribution in [3.8, 4) is 0 Å². The molecule has 1 saturated heterocycles. The van der Waals surface area contributed by atoms with Crippen LogP contribution in [0.4, 0.5) is 0 Å². The summed E-state index contributed by atoms with van der Waals surface area (Å²) in [6.07, 6.45) is 3.46. The van der Waals surface area contributed by atoms with E-state index in [1.807, 2.05) is 4.90 Å². The molecule has 14 heavy (non-hydrogen) atoms. The van der Waals surface area contributed by atoms with Gasteiger partial charge in [0.25, 0.3) is 0 Å². The fourth-order valence-corrected chi connectivity index (χ4v) is 2.24. The lowest BCUT2D eigenvalue weighted by Crippen LogP contribution is -2.41. The number of nitrogens with two attached hydrogens (primary N) is 1. The highest BCUT2D eigenvalue weighted by atomic mass is 16.2. The Bertz CT molecular complexity index is 209. The number of amides is 1. The molecule has 1 heterocycles. The van der Waals surface area contributed by atoms with Gasteiger partial charge in [-0.1, -0.05) is 13.8 Å². The van der Waals surface area contributed by atoms with Crippen LogP contribution in [0.5, 0.6) is 0 Å². The summed E-state index contributed by atoms with van der Waals surface area (Å²) < 4.78 is 0. The lowest BCUT2D eigenvalue weighted by Gasteiger charge is -2.26. The Balaban J connectivity index is 2.60. The van der Waals surface area contributed by atoms with E-state index in [0.717, 1.165) is 32.4 Å². The minimum Gasteiger partial charge on any atom is -0.341 e. The molecule has 1 unspecified atom stereocenters. The molecule has 0 aromatic carbocycles. The predicted octanol–water partition coefficient (Wildman–Crippen LogP) is 1.37. The highest BCUT2D eigenvalue weighted by Gasteiger charge is 2.37. The molecule has 2 N–H and O–H groups in total. The maximum Gasteiger partial charge on any atom is 0.239 e. The Hall–Kier alpha value is -0.570. The maximum absolute atomic E-state index is 11.7. The van der Waals surface area contributed by atoms with Crippen LogP contribution < -0.4 is 5.73 Å². The van der Waals surface area contributed by atoms with Crippen molar-refractivity contribution >= 4 is 5.91 Å². The molecular weight excluding hydrogens is 176 g/mol. The second-order valence-electron chi connectivity index (χ2n) is 4.51. The van der Waals surface area contributed by atoms with Gasteiger partial charge in [-0.2, -0.15) is 0 Å². The summed E-state index contributed by atoms with van der Waals surface area (Å²) in [6, 6.07) is -0.348. The van der Waals surface area contributed by atoms with E-state index in [2.05, 4.69) is 13.8 Å². The van der Waals surface area contributed by atoms with Crippen molar-refractivity contribution in [3.63, 3.8) is 0 Å². The highest BCUT2D eigenvalue weighted by Crippen LogP contribution is 2.36. The van der Waals surface area contributed by atoms with E-state index in [-0.39, 0.29) is 11.9 Å². The molecule has 82 valence electrons. The molecule has 0 saturated carbocycles. The maximum atomic E-state index is 11.7. The van der Waals surface area contributed by atoms with Gasteiger partial charge in [0.2, 0.25) is 5.91 Å². The third kappa shape index (κ3) is 2.08. The number of carbonyl (C=O) groups excluding carboxylic acids is 1. The minimum absolute atomic E-state index is 0.105. The van der Waals surface area contributed by atoms with Crippen LogP contribution in [-0.2, 0) is 4.79 Å². The van der Waals surface area contributed by atoms with Crippen molar-refractivity contribution < 1.29 is 4.79 Å². The van der Waals surface area contributed by atoms with Crippen LogP contribution >= 0.6 is 0 Å². The normalized spacial score (nSPS) is 22.4. The van der Waals surface area contributed by atoms with Gasteiger partial charge >= 0.3 is 0 Å². The van der Waals surface area contributed by atoms with Crippen molar-refractivity contribution in [1.29, 1.82) is 0 Å². The number of likely N-dealkylation sites (tertiary alicyclic amines) is 1. The molecule has 0 aromatic heterocycles. The summed E-state index contributed by atoms with van der Waals surface area (Å²) in [4.78, 5) is 13.6. The van der Waals surface area contributed by atoms with E-state index in [0.29, 0.717) is 5.41 Å². The summed E-state index contributed by atoms with van der Waals surface area (Å²) in [5.41, 5.74) is 5.96. The van der Waals surface area contributed by atoms with E-state index < -0.39 is 0 Å². The molecule has 1 aliphatic rings. The molecule has 0 radical (unpaired) electrons. The molecule has 3 nitrogen and oxygen atoms in total. The summed E-state index contributed by atoms with van der Waals surface area (Å²) in [5.74, 6) is 0.105. The molecule has 0 bridgehead atoms. The summed E-state index contributed by atoms with van der Waals surface area (Å²) in [6.45, 7) is 7.98. The molecule has 3 heteroatoms. The van der Waals surface area contributed by atoms with Crippen molar-refractivity contribution in [1.82, 2.24) is 4.90 Å². The zero-order chi connectivity index (χ0) is 10.8. The molecule has 0 aromatic rings. The molecule has 1 amide bonds. The Kier molecular flexibility index (Phi) is 3.53. The van der Waals surface area contributed by atoms with Gasteiger partial charge in [0, 0.05) is 13.1 Å². The van der Waals surface area contributed by atoms with Crippen LogP contribution in [0.25, 0.3) is 0 Å². The molecule has 0 aliphatic carbocycles. The van der Waals surface area contributed by atoms with Crippen LogP contribution in [0.1, 0.15) is 40.0 Å². The Morgan fingerprint density at radius 1 is 1.50 bits per heavy atom. The van der Waals surface area contributed by atoms with Crippen molar-refractivity contribution in [2.75, 3.05) is 13.1 Å². The van der Waals surface area contributed by atoms with Gasteiger partial charge in [0.05, 0.1) is 6.04 Å². The molecular formula is C11H22N2O. The Morgan fingerprint density at radius 2 is 2.07 bits per heavy atom. The fraction of sp³-hybridized carbons (Fsp3) is 0.909. The quantitative estimate of drug-likeness (QED) is 0.744. The molecule has 0 spiro atoms. The lowest BCUT2D eigenvalue weighted by molar-refractivity contribution is -0.131. The second-order valence-corrected chi connectivity index (χ2v) is 4.51. The van der Waals surface area contributed by atoms with Gasteiger partial charge in [0.15, 0.2) is 0 Å². The van der Waals surface area contributed by atoms with Gasteiger partial charge in [-0.15, -0.1) is 0 Å². The lowest BCUT2D eigenvalue weighted by atomic mass is 9.82. The summed E-state index contributed by atoms with van der Waals surface area (Å²) >= 11 is 0. The van der Waals surface area contributed by atoms with Crippen LogP contribution in [0.15, 0.2) is 0 Å². The fourth-order valence-electron chi connectivity index (χ4n) is 2.24. The van der Waals surface area contributed by atoms with Crippen molar-refractivity contribution in [2.24, 2.45) is 11.1 Å². The highest BCUT2D eigenvalue weighted by molar-refractivity contribution is 5.81. The zero-order valence-electron chi connectivity index (χ0n) is 9.55. The third-order valence-electron chi connectivity index (χ3n) is 3.64. The van der Waals surface area contributed by atoms with Crippen LogP contribution in [0.2, 0.25) is 0 Å². The van der Waals surface area contributed by atoms with E-state index in [4.69, 9.17) is 5.73 Å². The Morgan fingerprint density at radius 3 is 2.43 bits per heavy atom. The first kappa shape index (κ1) is 11.5. The standard InChI is InChI=1S/C11H22N2O/c1-4-11(5-2)6-7-13(8-11)10(14)9(3)12/h9H,4-8,12H2,1-3H3. The number of hydrogen-bond acceptors (Lipinski definition) is 2. The van der Waals surface area contributed by atoms with Crippen molar-refractivity contribution in [3.05, 3.63) is 0 Å². The van der Waals surface area contributed by atoms with Crippen LogP contribution in [0, 0.1) is 5.41 Å². The Labute approximate surface area is 86.6 Å². The average Bonchev–Trinajstić information content (AvgIpc) is 2.61. The smallest absolute Gasteiger partial charge is 0.239 e. The van der Waals surface area contributed by atoms with Gasteiger partial charge in [-0.25, -0.2) is 0 Å². The van der Waals surface area contributed by atoms with Gasteiger partial charge < -0.3 is 10.6 Å². The van der Waals surface area contributed by atoms with E-state index >= 15 is 0 Å². The zero-order valence-corrected chi connectivity index (χ0v) is 9.55. The van der Waals surface area contributed by atoms with E-state index in [1.54, 1.807) is 6.92 Å². The van der Waals surface area contributed by atoms with Crippen molar-refractivity contribution in [2.45, 2.75) is 46.1 Å². The minimum atomic E-state index is -0.348. The molecule has 1 aliphatic heterocycles. The third-order valence-corrected chi connectivity index (χ3v) is 3.64. The molecule has 1 fully saturated rings. The first-order valence-corrected chi connectivity index (χ1v) is 5.59. The molecule has 1 rings (SSSR count).